The molecule has 0 radical (unpaired) electrons. The lowest BCUT2D eigenvalue weighted by Gasteiger charge is -2.03. The summed E-state index contributed by atoms with van der Waals surface area (Å²) in [5.41, 5.74) is 0.0562. The van der Waals surface area contributed by atoms with E-state index in [1.807, 2.05) is 0 Å². The molecule has 9 heteroatoms. The fourth-order valence-corrected chi connectivity index (χ4v) is 1.68. The van der Waals surface area contributed by atoms with Crippen LogP contribution in [0.5, 0.6) is 0 Å². The van der Waals surface area contributed by atoms with E-state index in [2.05, 4.69) is 25.3 Å². The lowest BCUT2D eigenvalue weighted by molar-refractivity contribution is -0.144. The van der Waals surface area contributed by atoms with Gasteiger partial charge in [0.05, 0.1) is 12.8 Å². The highest BCUT2D eigenvalue weighted by Crippen LogP contribution is 2.29. The summed E-state index contributed by atoms with van der Waals surface area (Å²) in [5.74, 6) is -0.240. The van der Waals surface area contributed by atoms with Crippen LogP contribution < -0.4 is 5.32 Å². The number of aromatic amines is 1. The molecule has 0 bridgehead atoms. The number of rotatable bonds is 3. The molecule has 0 aliphatic heterocycles. The standard InChI is InChI=1S/C11H8F3N5O/c12-11(13,14)10-18-7-8(16-5-17-9(7)19-10)15-4-6-2-1-3-20-6/h1-3,5H,4H2,(H2,15,16,17,18,19). The molecule has 6 nitrogen and oxygen atoms in total. The van der Waals surface area contributed by atoms with Crippen molar-refractivity contribution in [3.05, 3.63) is 36.3 Å². The summed E-state index contributed by atoms with van der Waals surface area (Å²) in [4.78, 5) is 13.2. The second kappa shape index (κ2) is 4.51. The minimum Gasteiger partial charge on any atom is -0.467 e. The van der Waals surface area contributed by atoms with Crippen LogP contribution in [-0.2, 0) is 12.7 Å². The first kappa shape index (κ1) is 12.5. The maximum Gasteiger partial charge on any atom is 0.449 e. The van der Waals surface area contributed by atoms with Crippen LogP contribution >= 0.6 is 0 Å². The molecule has 0 aliphatic carbocycles. The number of halogens is 3. The van der Waals surface area contributed by atoms with Crippen molar-refractivity contribution in [2.24, 2.45) is 0 Å². The Hall–Kier alpha value is -2.58. The molecule has 3 aromatic rings. The highest BCUT2D eigenvalue weighted by Gasteiger charge is 2.35. The second-order valence-corrected chi connectivity index (χ2v) is 3.94. The average molecular weight is 283 g/mol. The molecule has 3 aromatic heterocycles. The van der Waals surface area contributed by atoms with E-state index < -0.39 is 12.0 Å². The maximum absolute atomic E-state index is 12.6. The van der Waals surface area contributed by atoms with E-state index in [4.69, 9.17) is 4.42 Å². The molecule has 3 rings (SSSR count). The van der Waals surface area contributed by atoms with Crippen LogP contribution in [0.2, 0.25) is 0 Å². The van der Waals surface area contributed by atoms with Crippen LogP contribution in [-0.4, -0.2) is 19.9 Å². The van der Waals surface area contributed by atoms with E-state index in [1.165, 1.54) is 6.26 Å². The minimum atomic E-state index is -4.56. The first-order valence-electron chi connectivity index (χ1n) is 5.58. The summed E-state index contributed by atoms with van der Waals surface area (Å²) in [6.07, 6.45) is -1.91. The van der Waals surface area contributed by atoms with Crippen LogP contribution in [0.25, 0.3) is 11.2 Å². The van der Waals surface area contributed by atoms with Crippen LogP contribution in [0.15, 0.2) is 29.1 Å². The van der Waals surface area contributed by atoms with E-state index in [0.29, 0.717) is 12.3 Å². The summed E-state index contributed by atoms with van der Waals surface area (Å²) in [6.45, 7) is 0.291. The molecule has 20 heavy (non-hydrogen) atoms. The van der Waals surface area contributed by atoms with Crippen LogP contribution in [0.1, 0.15) is 11.6 Å². The highest BCUT2D eigenvalue weighted by atomic mass is 19.4. The van der Waals surface area contributed by atoms with Crippen molar-refractivity contribution < 1.29 is 17.6 Å². The number of H-pyrrole nitrogens is 1. The molecule has 0 fully saturated rings. The Morgan fingerprint density at radius 2 is 2.15 bits per heavy atom. The van der Waals surface area contributed by atoms with Gasteiger partial charge in [0.1, 0.15) is 17.6 Å². The van der Waals surface area contributed by atoms with Gasteiger partial charge in [-0.05, 0) is 12.1 Å². The number of aromatic nitrogens is 4. The number of nitrogens with zero attached hydrogens (tertiary/aromatic N) is 3. The highest BCUT2D eigenvalue weighted by molar-refractivity contribution is 5.82. The largest absolute Gasteiger partial charge is 0.467 e. The van der Waals surface area contributed by atoms with Crippen molar-refractivity contribution in [1.29, 1.82) is 0 Å². The zero-order valence-corrected chi connectivity index (χ0v) is 9.90. The van der Waals surface area contributed by atoms with Crippen molar-refractivity contribution in [2.75, 3.05) is 5.32 Å². The van der Waals surface area contributed by atoms with Gasteiger partial charge in [0, 0.05) is 0 Å². The quantitative estimate of drug-likeness (QED) is 0.772. The van der Waals surface area contributed by atoms with Gasteiger partial charge >= 0.3 is 6.18 Å². The molecular weight excluding hydrogens is 275 g/mol. The Bertz CT molecular complexity index is 719. The van der Waals surface area contributed by atoms with Gasteiger partial charge in [-0.1, -0.05) is 0 Å². The predicted molar refractivity (Wildman–Crippen MR) is 62.7 cm³/mol. The number of imidazole rings is 1. The summed E-state index contributed by atoms with van der Waals surface area (Å²) in [5, 5.41) is 2.87. The molecular formula is C11H8F3N5O. The second-order valence-electron chi connectivity index (χ2n) is 3.94. The van der Waals surface area contributed by atoms with Gasteiger partial charge in [0.2, 0.25) is 5.82 Å². The van der Waals surface area contributed by atoms with E-state index in [9.17, 15) is 13.2 Å². The van der Waals surface area contributed by atoms with Gasteiger partial charge in [0.25, 0.3) is 0 Å². The first-order chi connectivity index (χ1) is 9.54. The Labute approximate surface area is 110 Å². The van der Waals surface area contributed by atoms with E-state index >= 15 is 0 Å². The zero-order chi connectivity index (χ0) is 14.2. The topological polar surface area (TPSA) is 79.6 Å². The lowest BCUT2D eigenvalue weighted by Crippen LogP contribution is -2.07. The Balaban J connectivity index is 1.92. The van der Waals surface area contributed by atoms with Crippen molar-refractivity contribution in [3.8, 4) is 0 Å². The Morgan fingerprint density at radius 1 is 1.30 bits per heavy atom. The van der Waals surface area contributed by atoms with Crippen molar-refractivity contribution >= 4 is 17.0 Å². The molecule has 0 amide bonds. The molecule has 0 spiro atoms. The van der Waals surface area contributed by atoms with Crippen molar-refractivity contribution in [3.63, 3.8) is 0 Å². The summed E-state index contributed by atoms with van der Waals surface area (Å²) < 4.78 is 42.9. The molecule has 0 saturated carbocycles. The van der Waals surface area contributed by atoms with Gasteiger partial charge in [-0.25, -0.2) is 15.0 Å². The zero-order valence-electron chi connectivity index (χ0n) is 9.90. The van der Waals surface area contributed by atoms with E-state index in [0.717, 1.165) is 6.33 Å². The first-order valence-corrected chi connectivity index (χ1v) is 5.58. The molecule has 0 aromatic carbocycles. The fourth-order valence-electron chi connectivity index (χ4n) is 1.68. The molecule has 0 saturated heterocycles. The summed E-state index contributed by atoms with van der Waals surface area (Å²) in [6, 6.07) is 3.45. The van der Waals surface area contributed by atoms with Gasteiger partial charge in [-0.2, -0.15) is 13.2 Å². The van der Waals surface area contributed by atoms with Crippen LogP contribution in [0, 0.1) is 0 Å². The number of hydrogen-bond donors (Lipinski definition) is 2. The molecule has 3 heterocycles. The Kier molecular flexibility index (Phi) is 2.81. The third kappa shape index (κ3) is 2.29. The van der Waals surface area contributed by atoms with Crippen molar-refractivity contribution in [2.45, 2.75) is 12.7 Å². The number of anilines is 1. The molecule has 0 aliphatic rings. The predicted octanol–water partition coefficient (Wildman–Crippen LogP) is 2.58. The minimum absolute atomic E-state index is 0.0470. The van der Waals surface area contributed by atoms with Gasteiger partial charge in [0.15, 0.2) is 11.5 Å². The normalized spacial score (nSPS) is 11.9. The van der Waals surface area contributed by atoms with Gasteiger partial charge < -0.3 is 14.7 Å². The molecule has 0 unspecified atom stereocenters. The molecule has 2 N–H and O–H groups in total. The summed E-state index contributed by atoms with van der Waals surface area (Å²) >= 11 is 0. The number of alkyl halides is 3. The summed E-state index contributed by atoms with van der Waals surface area (Å²) in [7, 11) is 0. The lowest BCUT2D eigenvalue weighted by atomic mass is 10.4. The molecule has 104 valence electrons. The van der Waals surface area contributed by atoms with Crippen LogP contribution in [0.3, 0.4) is 0 Å². The van der Waals surface area contributed by atoms with E-state index in [1.54, 1.807) is 12.1 Å². The number of furan rings is 1. The smallest absolute Gasteiger partial charge is 0.449 e. The fraction of sp³-hybridized carbons (Fsp3) is 0.182. The van der Waals surface area contributed by atoms with Crippen LogP contribution in [0.4, 0.5) is 19.0 Å². The molecule has 0 atom stereocenters. The third-order valence-electron chi connectivity index (χ3n) is 2.57. The SMILES string of the molecule is FC(F)(F)c1nc2ncnc(NCc3ccco3)c2[nH]1. The van der Waals surface area contributed by atoms with Gasteiger partial charge in [-0.3, -0.25) is 0 Å². The monoisotopic (exact) mass is 283 g/mol. The number of hydrogen-bond acceptors (Lipinski definition) is 5. The Morgan fingerprint density at radius 3 is 2.85 bits per heavy atom. The number of fused-ring (bicyclic) bond motifs is 1. The number of nitrogens with one attached hydrogen (secondary N) is 2. The third-order valence-corrected chi connectivity index (χ3v) is 2.57. The van der Waals surface area contributed by atoms with E-state index in [-0.39, 0.29) is 17.0 Å². The van der Waals surface area contributed by atoms with Crippen molar-refractivity contribution in [1.82, 2.24) is 19.9 Å². The maximum atomic E-state index is 12.6. The van der Waals surface area contributed by atoms with Gasteiger partial charge in [-0.15, -0.1) is 0 Å². The average Bonchev–Trinajstić information content (AvgIpc) is 3.04.